The van der Waals surface area contributed by atoms with Gasteiger partial charge in [0.05, 0.1) is 36.3 Å². The molecule has 2 fully saturated rings. The van der Waals surface area contributed by atoms with Crippen molar-refractivity contribution in [2.45, 2.75) is 38.3 Å². The number of H-pyrrole nitrogens is 1. The van der Waals surface area contributed by atoms with E-state index in [1.165, 1.54) is 0 Å². The van der Waals surface area contributed by atoms with Crippen LogP contribution in [0.25, 0.3) is 22.2 Å². The van der Waals surface area contributed by atoms with E-state index in [1.807, 2.05) is 53.4 Å². The molecule has 10 nitrogen and oxygen atoms in total. The lowest BCUT2D eigenvalue weighted by Gasteiger charge is -2.41. The zero-order chi connectivity index (χ0) is 41.5. The molecule has 60 heavy (non-hydrogen) atoms. The van der Waals surface area contributed by atoms with Gasteiger partial charge in [0, 0.05) is 83.1 Å². The maximum atomic E-state index is 15.2. The van der Waals surface area contributed by atoms with E-state index in [-0.39, 0.29) is 29.8 Å². The monoisotopic (exact) mass is 864 g/mol. The second-order valence-electron chi connectivity index (χ2n) is 15.9. The van der Waals surface area contributed by atoms with Gasteiger partial charge in [-0.1, -0.05) is 84.2 Å². The quantitative estimate of drug-likeness (QED) is 0.120. The maximum Gasteiger partial charge on any atom is 0.272 e. The minimum absolute atomic E-state index is 0.103. The van der Waals surface area contributed by atoms with E-state index in [9.17, 15) is 4.79 Å². The summed E-state index contributed by atoms with van der Waals surface area (Å²) >= 11 is 20.4. The van der Waals surface area contributed by atoms with Crippen LogP contribution in [0.4, 0.5) is 11.4 Å². The molecule has 4 aliphatic heterocycles. The van der Waals surface area contributed by atoms with Crippen LogP contribution in [0.3, 0.4) is 0 Å². The first-order valence-electron chi connectivity index (χ1n) is 20.6. The van der Waals surface area contributed by atoms with Crippen molar-refractivity contribution in [3.8, 4) is 5.75 Å². The zero-order valence-electron chi connectivity index (χ0n) is 33.6. The van der Waals surface area contributed by atoms with Crippen molar-refractivity contribution in [2.24, 2.45) is 5.92 Å². The summed E-state index contributed by atoms with van der Waals surface area (Å²) in [5, 5.41) is 9.04. The predicted molar refractivity (Wildman–Crippen MR) is 241 cm³/mol. The molecule has 2 atom stereocenters. The molecule has 3 N–H and O–H groups in total. The molecule has 4 aliphatic rings. The van der Waals surface area contributed by atoms with Crippen molar-refractivity contribution in [3.05, 3.63) is 134 Å². The van der Waals surface area contributed by atoms with Gasteiger partial charge in [-0.25, -0.2) is 0 Å². The fourth-order valence-corrected chi connectivity index (χ4v) is 10.2. The number of nitrogens with zero attached hydrogens (tertiary/aromatic N) is 3. The van der Waals surface area contributed by atoms with E-state index in [0.29, 0.717) is 52.0 Å². The molecule has 13 heteroatoms. The maximum absolute atomic E-state index is 15.2. The molecule has 0 aliphatic carbocycles. The summed E-state index contributed by atoms with van der Waals surface area (Å²) < 4.78 is 11.3. The molecule has 4 aromatic carbocycles. The minimum Gasteiger partial charge on any atom is -0.491 e. The largest absolute Gasteiger partial charge is 0.491 e. The fourth-order valence-electron chi connectivity index (χ4n) is 9.44. The summed E-state index contributed by atoms with van der Waals surface area (Å²) in [4.78, 5) is 38.1. The van der Waals surface area contributed by atoms with Crippen LogP contribution in [-0.2, 0) is 9.53 Å². The highest BCUT2D eigenvalue weighted by Gasteiger charge is 2.40. The number of piperazine rings is 1. The molecule has 0 spiro atoms. The van der Waals surface area contributed by atoms with Gasteiger partial charge in [0.15, 0.2) is 0 Å². The SMILES string of the molecule is COCCOc1ccc(N2CCC(N3CCNCC3=O)CC2)c(NC(=O)c2[nH]c3cc(Cl)cc4c3c2C2=C(c3ccccc3)C(C)CC=CN2C4c2ccc(Cl)cc2Cl)c1. The van der Waals surface area contributed by atoms with Crippen LogP contribution in [0.15, 0.2) is 91.1 Å². The van der Waals surface area contributed by atoms with Crippen molar-refractivity contribution < 1.29 is 19.1 Å². The van der Waals surface area contributed by atoms with E-state index in [0.717, 1.165) is 95.6 Å². The summed E-state index contributed by atoms with van der Waals surface area (Å²) in [5.74, 6) is 0.572. The molecule has 2 amide bonds. The number of aromatic nitrogens is 1. The number of piperidine rings is 1. The number of nitrogens with one attached hydrogen (secondary N) is 3. The number of rotatable bonds is 10. The van der Waals surface area contributed by atoms with Crippen LogP contribution >= 0.6 is 34.8 Å². The molecule has 310 valence electrons. The highest BCUT2D eigenvalue weighted by atomic mass is 35.5. The van der Waals surface area contributed by atoms with E-state index in [2.05, 4.69) is 68.9 Å². The van der Waals surface area contributed by atoms with Crippen molar-refractivity contribution >= 4 is 80.2 Å². The summed E-state index contributed by atoms with van der Waals surface area (Å²) in [6, 6.07) is 25.5. The Labute approximate surface area is 365 Å². The Hall–Kier alpha value is -4.97. The number of carbonyl (C=O) groups is 2. The second kappa shape index (κ2) is 17.2. The van der Waals surface area contributed by atoms with Gasteiger partial charge < -0.3 is 39.8 Å². The van der Waals surface area contributed by atoms with Gasteiger partial charge in [-0.3, -0.25) is 9.59 Å². The smallest absolute Gasteiger partial charge is 0.272 e. The standard InChI is InChI=1S/C47H47Cl3N6O4/c1-28-7-6-17-56-45(34-12-10-30(48)24-36(34)50)35-23-31(49)25-38-42(35)43(46(56)41(28)29-8-4-3-5-9-29)44(52-38)47(58)53-37-26-33(60-22-21-59-2)11-13-39(37)54-18-14-32(15-19-54)55-20-16-51-27-40(55)57/h3-6,8-13,17,23-26,28,32,45,51-52H,7,14-16,18-22,27H2,1-2H3,(H,53,58). The van der Waals surface area contributed by atoms with E-state index < -0.39 is 0 Å². The summed E-state index contributed by atoms with van der Waals surface area (Å²) in [7, 11) is 1.64. The third kappa shape index (κ3) is 7.65. The average molecular weight is 866 g/mol. The highest BCUT2D eigenvalue weighted by Crippen LogP contribution is 2.54. The van der Waals surface area contributed by atoms with E-state index >= 15 is 4.79 Å². The number of aromatic amines is 1. The molecule has 9 rings (SSSR count). The summed E-state index contributed by atoms with van der Waals surface area (Å²) in [6.07, 6.45) is 6.77. The van der Waals surface area contributed by atoms with Crippen LogP contribution in [0.2, 0.25) is 15.1 Å². The molecular weight excluding hydrogens is 819 g/mol. The molecule has 5 aromatic rings. The highest BCUT2D eigenvalue weighted by molar-refractivity contribution is 6.35. The van der Waals surface area contributed by atoms with Crippen molar-refractivity contribution in [1.82, 2.24) is 20.1 Å². The van der Waals surface area contributed by atoms with Gasteiger partial charge in [0.1, 0.15) is 18.1 Å². The lowest BCUT2D eigenvalue weighted by atomic mass is 9.82. The van der Waals surface area contributed by atoms with Crippen molar-refractivity contribution in [2.75, 3.05) is 63.3 Å². The molecule has 5 heterocycles. The third-order valence-corrected chi connectivity index (χ3v) is 13.0. The number of halogens is 3. The zero-order valence-corrected chi connectivity index (χ0v) is 35.8. The Morgan fingerprint density at radius 3 is 2.50 bits per heavy atom. The third-order valence-electron chi connectivity index (χ3n) is 12.2. The number of ether oxygens (including phenoxy) is 2. The van der Waals surface area contributed by atoms with Gasteiger partial charge in [-0.2, -0.15) is 0 Å². The number of hydrogen-bond acceptors (Lipinski definition) is 7. The first-order chi connectivity index (χ1) is 29.2. The summed E-state index contributed by atoms with van der Waals surface area (Å²) in [6.45, 7) is 6.40. The fraction of sp³-hybridized carbons (Fsp3) is 0.319. The number of hydrogen-bond donors (Lipinski definition) is 3. The van der Waals surface area contributed by atoms with Crippen LogP contribution in [0.5, 0.6) is 5.75 Å². The van der Waals surface area contributed by atoms with Crippen LogP contribution in [0, 0.1) is 5.92 Å². The summed E-state index contributed by atoms with van der Waals surface area (Å²) in [5.41, 5.74) is 8.36. The first-order valence-corrected chi connectivity index (χ1v) is 21.7. The minimum atomic E-state index is -0.377. The van der Waals surface area contributed by atoms with Crippen LogP contribution in [0.1, 0.15) is 65.0 Å². The number of benzene rings is 4. The molecule has 0 radical (unpaired) electrons. The molecule has 0 saturated carbocycles. The van der Waals surface area contributed by atoms with E-state index in [4.69, 9.17) is 44.3 Å². The van der Waals surface area contributed by atoms with Gasteiger partial charge in [0.2, 0.25) is 5.91 Å². The molecule has 2 unspecified atom stereocenters. The average Bonchev–Trinajstić information content (AvgIpc) is 3.54. The number of carbonyl (C=O) groups excluding carboxylic acids is 2. The van der Waals surface area contributed by atoms with Gasteiger partial charge in [-0.05, 0) is 83.8 Å². The number of anilines is 2. The Balaban J connectivity index is 1.18. The van der Waals surface area contributed by atoms with Crippen LogP contribution in [-0.4, -0.2) is 85.7 Å². The number of methoxy groups -OCH3 is 1. The number of fused-ring (bicyclic) bond motifs is 2. The van der Waals surface area contributed by atoms with Gasteiger partial charge in [-0.15, -0.1) is 0 Å². The topological polar surface area (TPSA) is 102 Å². The van der Waals surface area contributed by atoms with Crippen molar-refractivity contribution in [1.29, 1.82) is 0 Å². The Bertz CT molecular complexity index is 2510. The number of allylic oxidation sites excluding steroid dienone is 2. The Morgan fingerprint density at radius 2 is 1.73 bits per heavy atom. The Morgan fingerprint density at radius 1 is 0.917 bits per heavy atom. The Kier molecular flexibility index (Phi) is 11.6. The molecule has 1 aromatic heterocycles. The van der Waals surface area contributed by atoms with Crippen molar-refractivity contribution in [3.63, 3.8) is 0 Å². The lowest BCUT2D eigenvalue weighted by molar-refractivity contribution is -0.134. The van der Waals surface area contributed by atoms with Gasteiger partial charge >= 0.3 is 0 Å². The molecule has 2 saturated heterocycles. The van der Waals surface area contributed by atoms with E-state index in [1.54, 1.807) is 13.2 Å². The lowest BCUT2D eigenvalue weighted by Crippen LogP contribution is -2.55. The second-order valence-corrected chi connectivity index (χ2v) is 17.2. The normalized spacial score (nSPS) is 19.5. The number of amides is 2. The van der Waals surface area contributed by atoms with Gasteiger partial charge in [0.25, 0.3) is 5.91 Å². The molecular formula is C47H47Cl3N6O4. The molecule has 0 bridgehead atoms. The first kappa shape index (κ1) is 40.4. The van der Waals surface area contributed by atoms with Crippen LogP contribution < -0.4 is 20.3 Å². The predicted octanol–water partition coefficient (Wildman–Crippen LogP) is 9.63.